The third kappa shape index (κ3) is 7.46. The van der Waals surface area contributed by atoms with Gasteiger partial charge in [-0.1, -0.05) is 78.9 Å². The molecule has 3 aromatic heterocycles. The van der Waals surface area contributed by atoms with Crippen LogP contribution in [-0.2, 0) is 32.6 Å². The molecule has 0 radical (unpaired) electrons. The van der Waals surface area contributed by atoms with E-state index in [1.165, 1.54) is 53.7 Å². The zero-order valence-corrected chi connectivity index (χ0v) is 34.0. The number of nitrogens with zero attached hydrogens (tertiary/aromatic N) is 6. The Kier molecular flexibility index (Phi) is 10.2. The van der Waals surface area contributed by atoms with Crippen molar-refractivity contribution in [1.82, 2.24) is 44.5 Å². The molecule has 6 heterocycles. The van der Waals surface area contributed by atoms with Crippen molar-refractivity contribution >= 4 is 44.8 Å². The molecule has 0 unspecified atom stereocenters. The lowest BCUT2D eigenvalue weighted by atomic mass is 10.1. The van der Waals surface area contributed by atoms with Gasteiger partial charge in [0.1, 0.15) is 11.6 Å². The van der Waals surface area contributed by atoms with Gasteiger partial charge in [0.15, 0.2) is 0 Å². The Balaban J connectivity index is 0.000000149. The number of carbonyl (C=O) groups is 2. The number of H-pyrrole nitrogens is 1. The molecule has 302 valence electrons. The Morgan fingerprint density at radius 3 is 1.78 bits per heavy atom. The second kappa shape index (κ2) is 16.2. The predicted molar refractivity (Wildman–Crippen MR) is 238 cm³/mol. The smallest absolute Gasteiger partial charge is 0.253 e. The van der Waals surface area contributed by atoms with E-state index in [0.717, 1.165) is 77.4 Å². The number of fused-ring (bicyclic) bond motifs is 1. The van der Waals surface area contributed by atoms with Crippen molar-refractivity contribution in [2.45, 2.75) is 45.4 Å². The van der Waals surface area contributed by atoms with E-state index in [1.807, 2.05) is 36.4 Å². The Morgan fingerprint density at radius 2 is 1.20 bits per heavy atom. The van der Waals surface area contributed by atoms with Crippen molar-refractivity contribution in [1.29, 1.82) is 0 Å². The fourth-order valence-corrected chi connectivity index (χ4v) is 9.05. The molecule has 0 bridgehead atoms. The van der Waals surface area contributed by atoms with Crippen molar-refractivity contribution < 1.29 is 9.59 Å². The molecule has 0 saturated carbocycles. The molecule has 0 spiro atoms. The van der Waals surface area contributed by atoms with E-state index in [9.17, 15) is 9.59 Å². The number of aromatic nitrogens is 5. The molecule has 3 N–H and O–H groups in total. The summed E-state index contributed by atoms with van der Waals surface area (Å²) in [5, 5.41) is 7.22. The zero-order chi connectivity index (χ0) is 40.6. The topological polar surface area (TPSA) is 116 Å². The molecule has 11 nitrogen and oxygen atoms in total. The summed E-state index contributed by atoms with van der Waals surface area (Å²) >= 11 is 0. The highest BCUT2D eigenvalue weighted by Gasteiger charge is 2.23. The van der Waals surface area contributed by atoms with Crippen LogP contribution in [0.2, 0.25) is 0 Å². The second-order valence-corrected chi connectivity index (χ2v) is 16.3. The first-order chi connectivity index (χ1) is 29.4. The lowest BCUT2D eigenvalue weighted by Crippen LogP contribution is -2.24. The Morgan fingerprint density at radius 1 is 0.633 bits per heavy atom. The Hall–Kier alpha value is -6.56. The highest BCUT2D eigenvalue weighted by Crippen LogP contribution is 2.30. The Bertz CT molecular complexity index is 2810. The van der Waals surface area contributed by atoms with Crippen LogP contribution in [0.5, 0.6) is 0 Å². The van der Waals surface area contributed by atoms with Gasteiger partial charge < -0.3 is 29.7 Å². The number of para-hydroxylation sites is 3. The molecule has 8 aromatic rings. The number of likely N-dealkylation sites (N-methyl/N-ethyl adjacent to an activating group) is 1. The fourth-order valence-electron chi connectivity index (χ4n) is 9.05. The number of amides is 2. The van der Waals surface area contributed by atoms with Crippen molar-refractivity contribution in [2.24, 2.45) is 0 Å². The number of benzene rings is 5. The van der Waals surface area contributed by atoms with E-state index in [-0.39, 0.29) is 11.8 Å². The highest BCUT2D eigenvalue weighted by molar-refractivity contribution is 6.07. The summed E-state index contributed by atoms with van der Waals surface area (Å²) in [4.78, 5) is 42.8. The Labute approximate surface area is 349 Å². The predicted octanol–water partition coefficient (Wildman–Crippen LogP) is 7.65. The van der Waals surface area contributed by atoms with Crippen LogP contribution >= 0.6 is 0 Å². The van der Waals surface area contributed by atoms with Crippen LogP contribution in [0, 0.1) is 0 Å². The van der Waals surface area contributed by atoms with Gasteiger partial charge >= 0.3 is 0 Å². The van der Waals surface area contributed by atoms with Gasteiger partial charge in [-0.25, -0.2) is 9.97 Å². The summed E-state index contributed by atoms with van der Waals surface area (Å²) in [6, 6.07) is 39.6. The molecule has 2 amide bonds. The second-order valence-electron chi connectivity index (χ2n) is 16.3. The summed E-state index contributed by atoms with van der Waals surface area (Å²) in [6.07, 6.45) is 3.62. The van der Waals surface area contributed by atoms with Crippen LogP contribution in [0.25, 0.3) is 55.7 Å². The number of hydrogen-bond donors (Lipinski definition) is 3. The number of rotatable bonds is 9. The minimum absolute atomic E-state index is 0.0123. The number of likely N-dealkylation sites (tertiary alicyclic amines) is 1. The lowest BCUT2D eigenvalue weighted by molar-refractivity contribution is 0.0948. The number of imidazole rings is 2. The van der Waals surface area contributed by atoms with Gasteiger partial charge in [-0.3, -0.25) is 14.5 Å². The fraction of sp³-hybridized carbons (Fsp3) is 0.265. The molecule has 3 aliphatic heterocycles. The average molecular weight is 796 g/mol. The molecule has 3 aliphatic rings. The SMILES string of the molecule is CN(CCc1cc2ccccc2[nH]1)Cc1ccc(-c2nc3cccc4c3n2CCNC4=O)cc1.O=C1NCCn2c(-c3ccc(CN4CCCC4)cc3)nc3cccc1c32. The van der Waals surface area contributed by atoms with E-state index in [0.29, 0.717) is 30.8 Å². The quantitative estimate of drug-likeness (QED) is 0.138. The van der Waals surface area contributed by atoms with Gasteiger partial charge in [-0.05, 0) is 85.9 Å². The molecule has 11 rings (SSSR count). The molecular formula is C49H49N9O2. The van der Waals surface area contributed by atoms with Crippen molar-refractivity contribution in [2.75, 3.05) is 39.8 Å². The van der Waals surface area contributed by atoms with E-state index in [2.05, 4.69) is 120 Å². The van der Waals surface area contributed by atoms with Gasteiger partial charge in [0, 0.05) is 74.6 Å². The molecule has 60 heavy (non-hydrogen) atoms. The molecule has 0 aliphatic carbocycles. The number of nitrogens with one attached hydrogen (secondary N) is 3. The standard InChI is InChI=1S/C28H27N5O.C21H22N4O/c1-32(15-13-22-17-21-5-2-3-7-24(21)30-22)18-19-9-11-20(12-10-19)27-31-25-8-4-6-23-26(25)33(27)16-14-29-28(23)34;26-21-17-4-3-5-18-19(17)25(13-10-22-21)20(23-18)16-8-6-15(7-9-16)14-24-11-1-2-12-24/h2-12,17,30H,13-16,18H2,1H3,(H,29,34);3-9H,1-2,10-14H2,(H,22,26). The monoisotopic (exact) mass is 795 g/mol. The van der Waals surface area contributed by atoms with E-state index in [1.54, 1.807) is 0 Å². The average Bonchev–Trinajstić information content (AvgIpc) is 4.05. The molecule has 5 aromatic carbocycles. The highest BCUT2D eigenvalue weighted by atomic mass is 16.2. The van der Waals surface area contributed by atoms with Crippen LogP contribution in [-0.4, -0.2) is 85.5 Å². The maximum atomic E-state index is 12.4. The van der Waals surface area contributed by atoms with Crippen molar-refractivity contribution in [3.8, 4) is 22.8 Å². The van der Waals surface area contributed by atoms with E-state index in [4.69, 9.17) is 9.97 Å². The maximum Gasteiger partial charge on any atom is 0.253 e. The lowest BCUT2D eigenvalue weighted by Gasteiger charge is -2.16. The third-order valence-corrected chi connectivity index (χ3v) is 12.1. The van der Waals surface area contributed by atoms with Crippen molar-refractivity contribution in [3.05, 3.63) is 143 Å². The molecule has 1 saturated heterocycles. The third-order valence-electron chi connectivity index (χ3n) is 12.1. The molecule has 11 heteroatoms. The van der Waals surface area contributed by atoms with E-state index >= 15 is 0 Å². The molecule has 1 fully saturated rings. The first-order valence-electron chi connectivity index (χ1n) is 21.2. The first kappa shape index (κ1) is 37.7. The minimum atomic E-state index is -0.0263. The summed E-state index contributed by atoms with van der Waals surface area (Å²) in [5.41, 5.74) is 12.3. The van der Waals surface area contributed by atoms with Crippen LogP contribution in [0.4, 0.5) is 0 Å². The van der Waals surface area contributed by atoms with Gasteiger partial charge in [-0.15, -0.1) is 0 Å². The van der Waals surface area contributed by atoms with Crippen LogP contribution in [0.1, 0.15) is 50.4 Å². The summed E-state index contributed by atoms with van der Waals surface area (Å²) < 4.78 is 4.35. The summed E-state index contributed by atoms with van der Waals surface area (Å²) in [5.74, 6) is 1.82. The first-order valence-corrected chi connectivity index (χ1v) is 21.2. The van der Waals surface area contributed by atoms with Gasteiger partial charge in [0.25, 0.3) is 11.8 Å². The van der Waals surface area contributed by atoms with Gasteiger partial charge in [0.05, 0.1) is 33.2 Å². The maximum absolute atomic E-state index is 12.4. The summed E-state index contributed by atoms with van der Waals surface area (Å²) in [7, 11) is 2.16. The normalized spacial score (nSPS) is 15.2. The number of hydrogen-bond acceptors (Lipinski definition) is 6. The largest absolute Gasteiger partial charge is 0.358 e. The van der Waals surface area contributed by atoms with Crippen LogP contribution < -0.4 is 10.6 Å². The van der Waals surface area contributed by atoms with Gasteiger partial charge in [0.2, 0.25) is 0 Å². The minimum Gasteiger partial charge on any atom is -0.358 e. The van der Waals surface area contributed by atoms with E-state index < -0.39 is 0 Å². The van der Waals surface area contributed by atoms with Crippen LogP contribution in [0.3, 0.4) is 0 Å². The summed E-state index contributed by atoms with van der Waals surface area (Å²) in [6.45, 7) is 8.00. The van der Waals surface area contributed by atoms with Crippen LogP contribution in [0.15, 0.2) is 115 Å². The number of aromatic amines is 1. The van der Waals surface area contributed by atoms with Crippen molar-refractivity contribution in [3.63, 3.8) is 0 Å². The zero-order valence-electron chi connectivity index (χ0n) is 34.0. The molecule has 0 atom stereocenters. The van der Waals surface area contributed by atoms with Gasteiger partial charge in [-0.2, -0.15) is 0 Å². The molecular weight excluding hydrogens is 747 g/mol. The number of carbonyl (C=O) groups excluding carboxylic acids is 2.